The Kier molecular flexibility index (Phi) is 4.64. The molecule has 0 amide bonds. The van der Waals surface area contributed by atoms with Crippen molar-refractivity contribution in [3.05, 3.63) is 48.0 Å². The van der Waals surface area contributed by atoms with E-state index in [-0.39, 0.29) is 10.6 Å². The number of hydrogen-bond donors (Lipinski definition) is 2. The Labute approximate surface area is 123 Å². The maximum Gasteiger partial charge on any atom is 0.263 e. The second kappa shape index (κ2) is 6.28. The molecular weight excluding hydrogens is 293 g/mol. The van der Waals surface area contributed by atoms with Gasteiger partial charge in [-0.05, 0) is 30.8 Å². The van der Waals surface area contributed by atoms with Gasteiger partial charge in [0.05, 0.1) is 5.69 Å². The largest absolute Gasteiger partial charge is 0.352 e. The van der Waals surface area contributed by atoms with Crippen molar-refractivity contribution in [1.29, 1.82) is 0 Å². The number of nitrogens with one attached hydrogen (secondary N) is 2. The minimum absolute atomic E-state index is 0.155. The molecule has 2 N–H and O–H groups in total. The fraction of sp³-hybridized carbons (Fsp3) is 0.286. The number of benzene rings is 1. The molecule has 5 nitrogen and oxygen atoms in total. The van der Waals surface area contributed by atoms with Crippen molar-refractivity contribution in [3.63, 3.8) is 0 Å². The molecule has 0 saturated heterocycles. The Morgan fingerprint density at radius 3 is 2.71 bits per heavy atom. The van der Waals surface area contributed by atoms with Gasteiger partial charge in [0.2, 0.25) is 0 Å². The molecule has 0 radical (unpaired) electrons. The molecule has 21 heavy (non-hydrogen) atoms. The number of aryl methyl sites for hydroxylation is 1. The third kappa shape index (κ3) is 3.83. The average Bonchev–Trinajstić information content (AvgIpc) is 2.78. The van der Waals surface area contributed by atoms with Gasteiger partial charge in [0.25, 0.3) is 10.0 Å². The summed E-state index contributed by atoms with van der Waals surface area (Å²) in [6, 6.07) is 6.96. The van der Waals surface area contributed by atoms with E-state index in [1.165, 1.54) is 24.4 Å². The summed E-state index contributed by atoms with van der Waals surface area (Å²) in [5.74, 6) is -0.490. The van der Waals surface area contributed by atoms with E-state index in [1.807, 2.05) is 6.92 Å². The Balaban J connectivity index is 2.23. The van der Waals surface area contributed by atoms with E-state index < -0.39 is 15.8 Å². The van der Waals surface area contributed by atoms with Crippen LogP contribution in [0, 0.1) is 5.82 Å². The van der Waals surface area contributed by atoms with Crippen molar-refractivity contribution in [2.75, 3.05) is 11.3 Å². The highest BCUT2D eigenvalue weighted by Crippen LogP contribution is 2.18. The van der Waals surface area contributed by atoms with Crippen LogP contribution in [0.5, 0.6) is 0 Å². The molecule has 0 aliphatic carbocycles. The van der Waals surface area contributed by atoms with Crippen LogP contribution in [0.25, 0.3) is 0 Å². The Bertz CT molecular complexity index is 726. The highest BCUT2D eigenvalue weighted by atomic mass is 32.2. The zero-order chi connectivity index (χ0) is 15.5. The number of aromatic nitrogens is 1. The molecule has 1 heterocycles. The van der Waals surface area contributed by atoms with E-state index in [0.717, 1.165) is 18.3 Å². The summed E-state index contributed by atoms with van der Waals surface area (Å²) in [5.41, 5.74) is 1.06. The second-order valence-electron chi connectivity index (χ2n) is 4.67. The average molecular weight is 311 g/mol. The van der Waals surface area contributed by atoms with Crippen LogP contribution < -0.4 is 10.0 Å². The van der Waals surface area contributed by atoms with Gasteiger partial charge >= 0.3 is 0 Å². The van der Waals surface area contributed by atoms with Crippen LogP contribution in [-0.4, -0.2) is 19.5 Å². The molecule has 2 rings (SSSR count). The molecule has 0 atom stereocenters. The van der Waals surface area contributed by atoms with Crippen LogP contribution in [0.15, 0.2) is 41.4 Å². The summed E-state index contributed by atoms with van der Waals surface area (Å²) in [5, 5.41) is 3.14. The zero-order valence-corrected chi connectivity index (χ0v) is 12.7. The number of rotatable bonds is 6. The first-order valence-electron chi connectivity index (χ1n) is 6.56. The van der Waals surface area contributed by atoms with Gasteiger partial charge in [0.1, 0.15) is 10.7 Å². The summed E-state index contributed by atoms with van der Waals surface area (Å²) >= 11 is 0. The van der Waals surface area contributed by atoms with Gasteiger partial charge in [-0.1, -0.05) is 13.0 Å². The van der Waals surface area contributed by atoms with E-state index in [0.29, 0.717) is 6.54 Å². The fourth-order valence-electron chi connectivity index (χ4n) is 1.92. The summed E-state index contributed by atoms with van der Waals surface area (Å²) in [7, 11) is -1.94. The molecule has 0 unspecified atom stereocenters. The topological polar surface area (TPSA) is 63.1 Å². The van der Waals surface area contributed by atoms with E-state index in [1.54, 1.807) is 17.7 Å². The molecule has 0 aliphatic heterocycles. The van der Waals surface area contributed by atoms with Gasteiger partial charge in [0.15, 0.2) is 0 Å². The minimum atomic E-state index is -3.72. The maximum atomic E-state index is 13.1. The van der Waals surface area contributed by atoms with Crippen molar-refractivity contribution in [3.8, 4) is 0 Å². The van der Waals surface area contributed by atoms with Gasteiger partial charge < -0.3 is 9.88 Å². The van der Waals surface area contributed by atoms with Gasteiger partial charge in [-0.3, -0.25) is 4.72 Å². The SMILES string of the molecule is CCNCc1cc(S(=O)(=O)Nc2cccc(F)c2)cn1C. The molecule has 1 aromatic heterocycles. The molecule has 0 saturated carbocycles. The van der Waals surface area contributed by atoms with Crippen molar-refractivity contribution >= 4 is 15.7 Å². The monoisotopic (exact) mass is 311 g/mol. The van der Waals surface area contributed by atoms with Gasteiger partial charge in [-0.25, -0.2) is 12.8 Å². The van der Waals surface area contributed by atoms with E-state index in [9.17, 15) is 12.8 Å². The zero-order valence-electron chi connectivity index (χ0n) is 11.9. The van der Waals surface area contributed by atoms with Crippen LogP contribution in [0.1, 0.15) is 12.6 Å². The van der Waals surface area contributed by atoms with Gasteiger partial charge in [-0.2, -0.15) is 0 Å². The van der Waals surface area contributed by atoms with Crippen molar-refractivity contribution in [1.82, 2.24) is 9.88 Å². The smallest absolute Gasteiger partial charge is 0.263 e. The van der Waals surface area contributed by atoms with Gasteiger partial charge in [0, 0.05) is 25.5 Å². The predicted octanol–water partition coefficient (Wildman–Crippen LogP) is 2.07. The summed E-state index contributed by atoms with van der Waals surface area (Å²) < 4.78 is 41.8. The third-order valence-corrected chi connectivity index (χ3v) is 4.37. The first-order valence-corrected chi connectivity index (χ1v) is 8.05. The number of anilines is 1. The summed E-state index contributed by atoms with van der Waals surface area (Å²) in [6.07, 6.45) is 1.54. The quantitative estimate of drug-likeness (QED) is 0.858. The number of nitrogens with zero attached hydrogens (tertiary/aromatic N) is 1. The first-order chi connectivity index (χ1) is 9.92. The second-order valence-corrected chi connectivity index (χ2v) is 6.36. The molecule has 0 aliphatic rings. The first kappa shape index (κ1) is 15.5. The number of halogens is 1. The lowest BCUT2D eigenvalue weighted by molar-refractivity contribution is 0.601. The maximum absolute atomic E-state index is 13.1. The molecule has 0 fully saturated rings. The van der Waals surface area contributed by atoms with Crippen molar-refractivity contribution < 1.29 is 12.8 Å². The Hall–Kier alpha value is -1.86. The molecule has 2 aromatic rings. The van der Waals surface area contributed by atoms with Crippen molar-refractivity contribution in [2.45, 2.75) is 18.4 Å². The lowest BCUT2D eigenvalue weighted by Gasteiger charge is -2.06. The fourth-order valence-corrected chi connectivity index (χ4v) is 3.06. The van der Waals surface area contributed by atoms with Crippen molar-refractivity contribution in [2.24, 2.45) is 7.05 Å². The Morgan fingerprint density at radius 1 is 1.29 bits per heavy atom. The molecule has 0 bridgehead atoms. The standard InChI is InChI=1S/C14H18FN3O2S/c1-3-16-9-13-8-14(10-18(13)2)21(19,20)17-12-6-4-5-11(15)7-12/h4-8,10,16-17H,3,9H2,1-2H3. The lowest BCUT2D eigenvalue weighted by atomic mass is 10.3. The normalized spacial score (nSPS) is 11.6. The highest BCUT2D eigenvalue weighted by molar-refractivity contribution is 7.92. The number of hydrogen-bond acceptors (Lipinski definition) is 3. The Morgan fingerprint density at radius 2 is 2.05 bits per heavy atom. The number of sulfonamides is 1. The minimum Gasteiger partial charge on any atom is -0.352 e. The van der Waals surface area contributed by atoms with E-state index >= 15 is 0 Å². The highest BCUT2D eigenvalue weighted by Gasteiger charge is 2.17. The van der Waals surface area contributed by atoms with E-state index in [4.69, 9.17) is 0 Å². The van der Waals surface area contributed by atoms with Crippen LogP contribution in [0.2, 0.25) is 0 Å². The van der Waals surface area contributed by atoms with Gasteiger partial charge in [-0.15, -0.1) is 0 Å². The molecule has 114 valence electrons. The van der Waals surface area contributed by atoms with E-state index in [2.05, 4.69) is 10.0 Å². The predicted molar refractivity (Wildman–Crippen MR) is 80.0 cm³/mol. The third-order valence-electron chi connectivity index (χ3n) is 3.03. The molecule has 0 spiro atoms. The van der Waals surface area contributed by atoms with Crippen LogP contribution in [0.3, 0.4) is 0 Å². The van der Waals surface area contributed by atoms with Crippen LogP contribution in [0.4, 0.5) is 10.1 Å². The lowest BCUT2D eigenvalue weighted by Crippen LogP contribution is -2.14. The van der Waals surface area contributed by atoms with Crippen LogP contribution in [-0.2, 0) is 23.6 Å². The summed E-state index contributed by atoms with van der Waals surface area (Å²) in [6.45, 7) is 3.36. The molecule has 7 heteroatoms. The molecular formula is C14H18FN3O2S. The summed E-state index contributed by atoms with van der Waals surface area (Å²) in [4.78, 5) is 0.155. The molecule has 1 aromatic carbocycles. The van der Waals surface area contributed by atoms with Crippen LogP contribution >= 0.6 is 0 Å².